The average molecular weight is 1550 g/mol. The third-order valence-corrected chi connectivity index (χ3v) is 24.7. The molecule has 3 saturated carbocycles. The van der Waals surface area contributed by atoms with Gasteiger partial charge in [0.25, 0.3) is 0 Å². The highest BCUT2D eigenvalue weighted by Crippen LogP contribution is 2.50. The van der Waals surface area contributed by atoms with E-state index in [1.165, 1.54) is 75.9 Å². The van der Waals surface area contributed by atoms with E-state index in [4.69, 9.17) is 9.47 Å². The molecular formula is C77H122F6N12O14. The van der Waals surface area contributed by atoms with E-state index in [9.17, 15) is 55.1 Å². The summed E-state index contributed by atoms with van der Waals surface area (Å²) in [6, 6.07) is -11.0. The van der Waals surface area contributed by atoms with Gasteiger partial charge in [-0.1, -0.05) is 73.0 Å². The number of hydrogen-bond donors (Lipinski definition) is 3. The molecule has 32 heteroatoms. The number of methoxy groups -OCH3 is 1. The molecule has 0 aromatic rings. The van der Waals surface area contributed by atoms with Gasteiger partial charge in [-0.05, 0) is 146 Å². The first kappa shape index (κ1) is 89.1. The minimum Gasteiger partial charge on any atom is -0.381 e. The van der Waals surface area contributed by atoms with Crippen LogP contribution in [0.4, 0.5) is 26.3 Å². The minimum absolute atomic E-state index is 0.0338. The van der Waals surface area contributed by atoms with Crippen LogP contribution in [0.25, 0.3) is 0 Å². The van der Waals surface area contributed by atoms with Gasteiger partial charge in [0.05, 0.1) is 43.6 Å². The standard InChI is InChI=1S/C77H122F6N12O14/c1-16-46(5)63-71(105)88(10)43-62(98)90(12)55-25-21-20-22-36-94(70(55)104)58(37-48-26-30-51(31-27-48)76(78,79)80)68(102)87(9)42-60(96)84-54(33-29-49-28-32-53(77(81,82)83)59(38-49)108-15)67(101)95-41-52(109-19-4)39-56(95)66(100)86-75(44-74(7,8)45-75)73(107)92(14)64(50(17-2)18-3)72(106)91(13)57(69(103)93-34-23-24-35-93)40-61(97)89(11)47(6)65(99)85-63/h20-21,46-59,63-64H,16-19,22-45H2,1-15H3,(H,84,96)(H,85,99)(H,86,100)/b21-20-/t46-,47-,48?,49?,51?,52+,53?,54-,55-,56-,57-,58-,59?,63-,64-/m0/s1. The topological polar surface area (TPSA) is 289 Å². The van der Waals surface area contributed by atoms with Crippen molar-refractivity contribution in [3.63, 3.8) is 0 Å². The Morgan fingerprint density at radius 1 is 0.642 bits per heavy atom. The Bertz CT molecular complexity index is 3260. The van der Waals surface area contributed by atoms with Crippen molar-refractivity contribution in [3.05, 3.63) is 12.2 Å². The van der Waals surface area contributed by atoms with E-state index in [-0.39, 0.29) is 116 Å². The molecule has 2 bridgehead atoms. The number of nitrogens with one attached hydrogen (secondary N) is 3. The first-order valence-electron chi connectivity index (χ1n) is 39.4. The Balaban J connectivity index is 1.33. The lowest BCUT2D eigenvalue weighted by Crippen LogP contribution is -2.71. The van der Waals surface area contributed by atoms with Crippen molar-refractivity contribution in [1.29, 1.82) is 0 Å². The van der Waals surface area contributed by atoms with Crippen LogP contribution in [0, 0.1) is 40.9 Å². The zero-order valence-electron chi connectivity index (χ0n) is 66.7. The number of nitrogens with zero attached hydrogens (tertiary/aromatic N) is 9. The molecular weight excluding hydrogens is 1430 g/mol. The molecule has 0 aromatic heterocycles. The van der Waals surface area contributed by atoms with Gasteiger partial charge in [0, 0.05) is 88.6 Å². The van der Waals surface area contributed by atoms with Crippen molar-refractivity contribution in [2.45, 2.75) is 269 Å². The molecule has 4 aliphatic heterocycles. The summed E-state index contributed by atoms with van der Waals surface area (Å²) >= 11 is 0. The van der Waals surface area contributed by atoms with E-state index in [1.54, 1.807) is 37.8 Å². The molecule has 1 spiro atoms. The summed E-state index contributed by atoms with van der Waals surface area (Å²) in [4.78, 5) is 193. The van der Waals surface area contributed by atoms with Crippen molar-refractivity contribution >= 4 is 70.9 Å². The molecule has 3 aliphatic carbocycles. The maximum Gasteiger partial charge on any atom is 0.394 e. The van der Waals surface area contributed by atoms with Crippen molar-refractivity contribution < 1.29 is 93.4 Å². The van der Waals surface area contributed by atoms with Crippen LogP contribution in [-0.4, -0.2) is 289 Å². The van der Waals surface area contributed by atoms with E-state index in [0.717, 1.165) is 19.6 Å². The van der Waals surface area contributed by atoms with Gasteiger partial charge >= 0.3 is 12.4 Å². The molecule has 7 aliphatic rings. The molecule has 13 atom stereocenters. The van der Waals surface area contributed by atoms with Crippen molar-refractivity contribution in [1.82, 2.24) is 60.0 Å². The first-order chi connectivity index (χ1) is 51.1. The molecule has 616 valence electrons. The van der Waals surface area contributed by atoms with Crippen LogP contribution in [0.15, 0.2) is 12.2 Å². The number of fused-ring (bicyclic) bond motifs is 3. The highest BCUT2D eigenvalue weighted by Gasteiger charge is 2.59. The normalized spacial score (nSPS) is 31.5. The molecule has 26 nitrogen and oxygen atoms in total. The van der Waals surface area contributed by atoms with E-state index in [1.807, 2.05) is 27.7 Å². The van der Waals surface area contributed by atoms with Gasteiger partial charge in [-0.2, -0.15) is 26.3 Å². The Morgan fingerprint density at radius 2 is 1.27 bits per heavy atom. The summed E-state index contributed by atoms with van der Waals surface area (Å²) in [5.41, 5.74) is -2.28. The smallest absolute Gasteiger partial charge is 0.381 e. The number of hydrogen-bond acceptors (Lipinski definition) is 14. The minimum atomic E-state index is -4.57. The van der Waals surface area contributed by atoms with Crippen molar-refractivity contribution in [2.75, 3.05) is 95.3 Å². The third-order valence-electron chi connectivity index (χ3n) is 24.7. The zero-order valence-corrected chi connectivity index (χ0v) is 66.7. The highest BCUT2D eigenvalue weighted by atomic mass is 19.4. The molecule has 109 heavy (non-hydrogen) atoms. The van der Waals surface area contributed by atoms with E-state index >= 15 is 28.8 Å². The van der Waals surface area contributed by atoms with Crippen LogP contribution in [0.3, 0.4) is 0 Å². The van der Waals surface area contributed by atoms with Crippen molar-refractivity contribution in [3.8, 4) is 0 Å². The fourth-order valence-corrected chi connectivity index (χ4v) is 17.8. The van der Waals surface area contributed by atoms with Crippen LogP contribution in [0.1, 0.15) is 190 Å². The van der Waals surface area contributed by atoms with Gasteiger partial charge in [-0.3, -0.25) is 57.5 Å². The average Bonchev–Trinajstić information content (AvgIpc) is 1.24. The molecule has 0 radical (unpaired) electrons. The Hall–Kier alpha value is -7.12. The Kier molecular flexibility index (Phi) is 31.0. The fourth-order valence-electron chi connectivity index (χ4n) is 17.8. The van der Waals surface area contributed by atoms with Crippen LogP contribution < -0.4 is 16.0 Å². The second-order valence-corrected chi connectivity index (χ2v) is 32.8. The monoisotopic (exact) mass is 1550 g/mol. The van der Waals surface area contributed by atoms with Crippen LogP contribution in [-0.2, 0) is 67.0 Å². The molecule has 6 fully saturated rings. The number of rotatable bonds is 14. The zero-order chi connectivity index (χ0) is 81.1. The molecule has 3 unspecified atom stereocenters. The van der Waals surface area contributed by atoms with E-state index in [0.29, 0.717) is 45.2 Å². The number of amides is 12. The molecule has 3 N–H and O–H groups in total. The van der Waals surface area contributed by atoms with Gasteiger partial charge in [-0.25, -0.2) is 0 Å². The number of alkyl halides is 6. The molecule has 4 heterocycles. The van der Waals surface area contributed by atoms with Crippen molar-refractivity contribution in [2.24, 2.45) is 40.9 Å². The third kappa shape index (κ3) is 21.6. The molecule has 7 rings (SSSR count). The maximum atomic E-state index is 15.8. The summed E-state index contributed by atoms with van der Waals surface area (Å²) < 4.78 is 97.0. The Labute approximate surface area is 638 Å². The first-order valence-corrected chi connectivity index (χ1v) is 39.4. The Morgan fingerprint density at radius 3 is 1.84 bits per heavy atom. The number of carbonyl (C=O) groups excluding carboxylic acids is 12. The maximum absolute atomic E-state index is 15.8. The van der Waals surface area contributed by atoms with E-state index in [2.05, 4.69) is 16.0 Å². The molecule has 12 amide bonds. The number of ether oxygens (including phenoxy) is 2. The fraction of sp³-hybridized carbons (Fsp3) is 0.818. The van der Waals surface area contributed by atoms with Gasteiger partial charge in [0.1, 0.15) is 53.9 Å². The summed E-state index contributed by atoms with van der Waals surface area (Å²) in [6.07, 6.45) is -6.68. The van der Waals surface area contributed by atoms with Crippen LogP contribution in [0.5, 0.6) is 0 Å². The number of carbonyl (C=O) groups is 12. The van der Waals surface area contributed by atoms with Gasteiger partial charge in [0.15, 0.2) is 0 Å². The lowest BCUT2D eigenvalue weighted by molar-refractivity contribution is -0.215. The summed E-state index contributed by atoms with van der Waals surface area (Å²) in [6.45, 7) is 13.2. The predicted molar refractivity (Wildman–Crippen MR) is 391 cm³/mol. The summed E-state index contributed by atoms with van der Waals surface area (Å²) in [7, 11) is 9.35. The second kappa shape index (κ2) is 37.9. The highest BCUT2D eigenvalue weighted by molar-refractivity contribution is 6.01. The molecule has 0 aromatic carbocycles. The number of likely N-dealkylation sites (N-methyl/N-ethyl adjacent to an activating group) is 6. The van der Waals surface area contributed by atoms with Gasteiger partial charge < -0.3 is 69.5 Å². The molecule has 3 saturated heterocycles. The van der Waals surface area contributed by atoms with Gasteiger partial charge in [0.2, 0.25) is 70.9 Å². The lowest BCUT2D eigenvalue weighted by Gasteiger charge is -2.54. The quantitative estimate of drug-likeness (QED) is 0.124. The second-order valence-electron chi connectivity index (χ2n) is 32.8. The number of likely N-dealkylation sites (tertiary alicyclic amines) is 1. The van der Waals surface area contributed by atoms with Crippen LogP contribution >= 0.6 is 0 Å². The summed E-state index contributed by atoms with van der Waals surface area (Å²) in [5, 5.41) is 8.63. The van der Waals surface area contributed by atoms with Crippen LogP contribution in [0.2, 0.25) is 0 Å². The predicted octanol–water partition coefficient (Wildman–Crippen LogP) is 6.47. The lowest BCUT2D eigenvalue weighted by atomic mass is 9.58. The number of halogens is 6. The van der Waals surface area contributed by atoms with Gasteiger partial charge in [-0.15, -0.1) is 0 Å². The SMILES string of the molecule is CCO[C@@H]1C[C@H]2C(=O)NC3(CC(C)(C)C3)C(=O)N(C)[C@@H](C(CC)CC)C(=O)N(C)[C@H](C(=O)N3CCCC3)CC(=O)N(C)[C@@H](C)C(=O)N[C@@H]([C@@H](C)CC)C(=O)N(C)CC(=O)N(C)[C@H]3C/C=C\CCN(C3=O)[C@@H](CC3CCC(C(F)(F)F)CC3)C(=O)N(C)CC(=O)N[C@@H](CCC3CCC(C(F)(F)F)C(OC)C3)C(=O)N2C1. The largest absolute Gasteiger partial charge is 0.394 e. The summed E-state index contributed by atoms with van der Waals surface area (Å²) in [5.74, 6) is -14.3. The van der Waals surface area contributed by atoms with E-state index < -0.39 is 210 Å².